The van der Waals surface area contributed by atoms with Crippen molar-refractivity contribution in [2.45, 2.75) is 32.4 Å². The average Bonchev–Trinajstić information content (AvgIpc) is 1.98. The van der Waals surface area contributed by atoms with E-state index in [9.17, 15) is 0 Å². The lowest BCUT2D eigenvalue weighted by molar-refractivity contribution is 0.190. The summed E-state index contributed by atoms with van der Waals surface area (Å²) in [4.78, 5) is 0. The van der Waals surface area contributed by atoms with Crippen LogP contribution in [0.5, 0.6) is 0 Å². The molecule has 3 nitrogen and oxygen atoms in total. The first-order chi connectivity index (χ1) is 5.20. The zero-order chi connectivity index (χ0) is 8.69. The molecule has 3 heteroatoms. The summed E-state index contributed by atoms with van der Waals surface area (Å²) >= 11 is 0. The molecule has 0 rings (SSSR count). The fraction of sp³-hybridized carbons (Fsp3) is 1.00. The van der Waals surface area contributed by atoms with E-state index in [1.165, 1.54) is 0 Å². The van der Waals surface area contributed by atoms with E-state index in [1.54, 1.807) is 6.92 Å². The molecule has 0 saturated heterocycles. The maximum atomic E-state index is 8.93. The van der Waals surface area contributed by atoms with Crippen molar-refractivity contribution < 1.29 is 5.11 Å². The molecule has 0 amide bonds. The summed E-state index contributed by atoms with van der Waals surface area (Å²) in [6, 6.07) is 0.522. The molecule has 0 aromatic rings. The fourth-order valence-corrected chi connectivity index (χ4v) is 0.917. The number of rotatable bonds is 6. The van der Waals surface area contributed by atoms with Crippen molar-refractivity contribution in [3.8, 4) is 0 Å². The summed E-state index contributed by atoms with van der Waals surface area (Å²) in [6.07, 6.45) is 0.868. The standard InChI is InChI=1S/C8H20N2O/c1-4-8(9-3)6-10-5-7(2)11/h7-11H,4-6H2,1-3H3. The molecule has 68 valence electrons. The summed E-state index contributed by atoms with van der Waals surface area (Å²) in [7, 11) is 1.96. The highest BCUT2D eigenvalue weighted by molar-refractivity contribution is 4.65. The molecule has 11 heavy (non-hydrogen) atoms. The molecule has 0 aliphatic rings. The monoisotopic (exact) mass is 160 g/mol. The van der Waals surface area contributed by atoms with E-state index in [0.717, 1.165) is 13.0 Å². The quantitative estimate of drug-likeness (QED) is 0.510. The Kier molecular flexibility index (Phi) is 6.51. The minimum atomic E-state index is -0.246. The zero-order valence-corrected chi connectivity index (χ0v) is 7.72. The second kappa shape index (κ2) is 6.58. The van der Waals surface area contributed by atoms with Crippen LogP contribution in [-0.4, -0.2) is 37.4 Å². The van der Waals surface area contributed by atoms with Gasteiger partial charge >= 0.3 is 0 Å². The van der Waals surface area contributed by atoms with Crippen molar-refractivity contribution in [1.29, 1.82) is 0 Å². The Morgan fingerprint density at radius 1 is 1.36 bits per heavy atom. The van der Waals surface area contributed by atoms with Gasteiger partial charge in [-0.15, -0.1) is 0 Å². The van der Waals surface area contributed by atoms with Crippen molar-refractivity contribution in [3.63, 3.8) is 0 Å². The third kappa shape index (κ3) is 6.28. The van der Waals surface area contributed by atoms with Gasteiger partial charge in [-0.3, -0.25) is 0 Å². The second-order valence-electron chi connectivity index (χ2n) is 2.90. The van der Waals surface area contributed by atoms with Crippen LogP contribution in [0.15, 0.2) is 0 Å². The number of aliphatic hydroxyl groups excluding tert-OH is 1. The largest absolute Gasteiger partial charge is 0.392 e. The molecule has 0 aromatic heterocycles. The van der Waals surface area contributed by atoms with E-state index < -0.39 is 0 Å². The second-order valence-corrected chi connectivity index (χ2v) is 2.90. The summed E-state index contributed by atoms with van der Waals surface area (Å²) < 4.78 is 0. The minimum absolute atomic E-state index is 0.246. The number of hydrogen-bond acceptors (Lipinski definition) is 3. The first-order valence-corrected chi connectivity index (χ1v) is 4.26. The van der Waals surface area contributed by atoms with Crippen molar-refractivity contribution in [2.24, 2.45) is 0 Å². The Morgan fingerprint density at radius 3 is 2.36 bits per heavy atom. The molecule has 0 saturated carbocycles. The summed E-state index contributed by atoms with van der Waals surface area (Å²) in [5.41, 5.74) is 0. The first kappa shape index (κ1) is 10.9. The maximum absolute atomic E-state index is 8.93. The van der Waals surface area contributed by atoms with E-state index in [2.05, 4.69) is 17.6 Å². The number of nitrogens with one attached hydrogen (secondary N) is 2. The number of hydrogen-bond donors (Lipinski definition) is 3. The van der Waals surface area contributed by atoms with Crippen LogP contribution in [0.2, 0.25) is 0 Å². The van der Waals surface area contributed by atoms with Crippen molar-refractivity contribution in [1.82, 2.24) is 10.6 Å². The van der Waals surface area contributed by atoms with Crippen LogP contribution in [0.1, 0.15) is 20.3 Å². The maximum Gasteiger partial charge on any atom is 0.0636 e. The molecule has 0 heterocycles. The average molecular weight is 160 g/mol. The highest BCUT2D eigenvalue weighted by Crippen LogP contribution is 1.86. The molecular formula is C8H20N2O. The topological polar surface area (TPSA) is 44.3 Å². The summed E-state index contributed by atoms with van der Waals surface area (Å²) in [6.45, 7) is 5.54. The van der Waals surface area contributed by atoms with Crippen LogP contribution in [0.25, 0.3) is 0 Å². The number of likely N-dealkylation sites (N-methyl/N-ethyl adjacent to an activating group) is 1. The van der Waals surface area contributed by atoms with Gasteiger partial charge in [-0.05, 0) is 20.4 Å². The first-order valence-electron chi connectivity index (χ1n) is 4.26. The fourth-order valence-electron chi connectivity index (χ4n) is 0.917. The van der Waals surface area contributed by atoms with Crippen molar-refractivity contribution >= 4 is 0 Å². The van der Waals surface area contributed by atoms with Gasteiger partial charge in [0, 0.05) is 19.1 Å². The van der Waals surface area contributed by atoms with Crippen molar-refractivity contribution in [2.75, 3.05) is 20.1 Å². The third-order valence-corrected chi connectivity index (χ3v) is 1.73. The Labute approximate surface area is 69.2 Å². The van der Waals surface area contributed by atoms with E-state index in [0.29, 0.717) is 12.6 Å². The predicted molar refractivity (Wildman–Crippen MR) is 47.7 cm³/mol. The summed E-state index contributed by atoms with van der Waals surface area (Å²) in [5, 5.41) is 15.3. The molecule has 0 bridgehead atoms. The SMILES string of the molecule is CCC(CNCC(C)O)NC. The van der Waals surface area contributed by atoms with Crippen LogP contribution in [0.3, 0.4) is 0 Å². The third-order valence-electron chi connectivity index (χ3n) is 1.73. The van der Waals surface area contributed by atoms with Gasteiger partial charge in [0.15, 0.2) is 0 Å². The zero-order valence-electron chi connectivity index (χ0n) is 7.72. The Bertz CT molecular complexity index is 82.2. The van der Waals surface area contributed by atoms with Crippen LogP contribution >= 0.6 is 0 Å². The molecule has 0 aliphatic heterocycles. The van der Waals surface area contributed by atoms with Gasteiger partial charge in [-0.1, -0.05) is 6.92 Å². The lowest BCUT2D eigenvalue weighted by Gasteiger charge is -2.15. The Morgan fingerprint density at radius 2 is 2.00 bits per heavy atom. The predicted octanol–water partition coefficient (Wildman–Crippen LogP) is -0.0452. The minimum Gasteiger partial charge on any atom is -0.392 e. The van der Waals surface area contributed by atoms with Gasteiger partial charge in [0.2, 0.25) is 0 Å². The van der Waals surface area contributed by atoms with E-state index in [1.807, 2.05) is 7.05 Å². The van der Waals surface area contributed by atoms with Gasteiger partial charge in [0.25, 0.3) is 0 Å². The lowest BCUT2D eigenvalue weighted by Crippen LogP contribution is -2.38. The highest BCUT2D eigenvalue weighted by atomic mass is 16.3. The van der Waals surface area contributed by atoms with Crippen LogP contribution in [0.4, 0.5) is 0 Å². The van der Waals surface area contributed by atoms with Gasteiger partial charge in [0.1, 0.15) is 0 Å². The normalized spacial score (nSPS) is 16.4. The highest BCUT2D eigenvalue weighted by Gasteiger charge is 2.01. The summed E-state index contributed by atoms with van der Waals surface area (Å²) in [5.74, 6) is 0. The lowest BCUT2D eigenvalue weighted by atomic mass is 10.2. The van der Waals surface area contributed by atoms with Gasteiger partial charge in [0.05, 0.1) is 6.10 Å². The van der Waals surface area contributed by atoms with Crippen LogP contribution < -0.4 is 10.6 Å². The molecule has 0 radical (unpaired) electrons. The van der Waals surface area contributed by atoms with Crippen LogP contribution in [0, 0.1) is 0 Å². The number of aliphatic hydroxyl groups is 1. The van der Waals surface area contributed by atoms with Gasteiger partial charge in [-0.2, -0.15) is 0 Å². The van der Waals surface area contributed by atoms with Crippen LogP contribution in [-0.2, 0) is 0 Å². The van der Waals surface area contributed by atoms with Gasteiger partial charge < -0.3 is 15.7 Å². The Hall–Kier alpha value is -0.120. The van der Waals surface area contributed by atoms with E-state index >= 15 is 0 Å². The van der Waals surface area contributed by atoms with Crippen molar-refractivity contribution in [3.05, 3.63) is 0 Å². The molecule has 0 fully saturated rings. The van der Waals surface area contributed by atoms with E-state index in [4.69, 9.17) is 5.11 Å². The molecule has 3 N–H and O–H groups in total. The van der Waals surface area contributed by atoms with E-state index in [-0.39, 0.29) is 6.10 Å². The smallest absolute Gasteiger partial charge is 0.0636 e. The molecule has 0 aromatic carbocycles. The molecule has 2 atom stereocenters. The Balaban J connectivity index is 3.21. The molecule has 0 aliphatic carbocycles. The van der Waals surface area contributed by atoms with Gasteiger partial charge in [-0.25, -0.2) is 0 Å². The molecule has 2 unspecified atom stereocenters. The molecule has 0 spiro atoms. The molecular weight excluding hydrogens is 140 g/mol.